The molecular weight excluding hydrogens is 932 g/mol. The number of aromatic nitrogens is 1. The van der Waals surface area contributed by atoms with E-state index in [9.17, 15) is 24.0 Å². The minimum Gasteiger partial charge on any atom is -0.497 e. The first kappa shape index (κ1) is 53.5. The van der Waals surface area contributed by atoms with Crippen LogP contribution < -0.4 is 47.7 Å². The lowest BCUT2D eigenvalue weighted by Gasteiger charge is -2.29. The van der Waals surface area contributed by atoms with Gasteiger partial charge in [0.05, 0.1) is 38.6 Å². The Hall–Kier alpha value is -7.31. The van der Waals surface area contributed by atoms with Crippen molar-refractivity contribution in [1.82, 2.24) is 26.3 Å². The lowest BCUT2D eigenvalue weighted by atomic mass is 9.85. The molecule has 2 fully saturated rings. The summed E-state index contributed by atoms with van der Waals surface area (Å²) in [7, 11) is 1.57. The van der Waals surface area contributed by atoms with Gasteiger partial charge in [-0.05, 0) is 104 Å². The maximum atomic E-state index is 15.1. The van der Waals surface area contributed by atoms with E-state index in [-0.39, 0.29) is 61.0 Å². The lowest BCUT2D eigenvalue weighted by molar-refractivity contribution is -0.133. The first-order valence-corrected chi connectivity index (χ1v) is 25.3. The number of ether oxygens (including phenoxy) is 2. The molecule has 388 valence electrons. The highest BCUT2D eigenvalue weighted by atomic mass is 19.1. The molecule has 1 aromatic heterocycles. The van der Waals surface area contributed by atoms with Crippen molar-refractivity contribution in [3.8, 4) is 16.9 Å². The van der Waals surface area contributed by atoms with Crippen LogP contribution in [0.1, 0.15) is 68.9 Å². The Balaban J connectivity index is 1.08. The summed E-state index contributed by atoms with van der Waals surface area (Å²) in [6.45, 7) is 2.08. The average Bonchev–Trinajstić information content (AvgIpc) is 3.80. The van der Waals surface area contributed by atoms with E-state index in [1.54, 1.807) is 25.4 Å². The number of H-pyrrole nitrogens is 1. The smallest absolute Gasteiger partial charge is 0.243 e. The zero-order chi connectivity index (χ0) is 51.7. The molecule has 0 radical (unpaired) electrons. The first-order chi connectivity index (χ1) is 35.3. The zero-order valence-electron chi connectivity index (χ0n) is 41.5. The van der Waals surface area contributed by atoms with Gasteiger partial charge < -0.3 is 57.4 Å². The summed E-state index contributed by atoms with van der Waals surface area (Å²) in [6.07, 6.45) is 6.27. The number of carbonyl (C=O) groups excluding carboxylic acids is 5. The van der Waals surface area contributed by atoms with Crippen molar-refractivity contribution in [3.63, 3.8) is 0 Å². The number of aromatic amines is 1. The third kappa shape index (κ3) is 15.6. The molecular formula is C55H69FN10O7. The number of amides is 4. The predicted octanol–water partition coefficient (Wildman–Crippen LogP) is 5.47. The van der Waals surface area contributed by atoms with Crippen LogP contribution in [0, 0.1) is 23.1 Å². The lowest BCUT2D eigenvalue weighted by Crippen LogP contribution is -2.54. The number of nitrogens with two attached hydrogens (primary N) is 2. The molecule has 1 aliphatic carbocycles. The van der Waals surface area contributed by atoms with Crippen molar-refractivity contribution < 1.29 is 37.8 Å². The largest absolute Gasteiger partial charge is 0.497 e. The summed E-state index contributed by atoms with van der Waals surface area (Å²) < 4.78 is 26.0. The van der Waals surface area contributed by atoms with Crippen LogP contribution in [-0.2, 0) is 41.6 Å². The van der Waals surface area contributed by atoms with Crippen LogP contribution in [0.4, 0.5) is 15.8 Å². The minimum absolute atomic E-state index is 0.0965. The molecule has 4 amide bonds. The van der Waals surface area contributed by atoms with Crippen LogP contribution in [0.15, 0.2) is 97.2 Å². The maximum absolute atomic E-state index is 15.1. The molecule has 2 aliphatic rings. The van der Waals surface area contributed by atoms with Crippen molar-refractivity contribution in [1.29, 1.82) is 5.41 Å². The van der Waals surface area contributed by atoms with Crippen molar-refractivity contribution in [2.45, 2.75) is 88.8 Å². The molecule has 18 heteroatoms. The van der Waals surface area contributed by atoms with E-state index >= 15 is 4.39 Å². The molecule has 5 aromatic rings. The standard InChI is InChI=1S/C55H69FN10O7/c1-72-43-19-20-46-44(32-43)40(33-61-46)30-48(65-53(70)39-11-7-12-41(57)29-39)54(71)64-47(28-35-13-15-37(16-14-35)36-8-3-2-4-9-36)50(67)22-17-38(10-5-6-23-60-55(58)59)52(69)62-34-51(68)63-42-18-21-49(45(56)31-42)66-24-26-73-27-25-66/h2-4,8-9,13-16,18-21,31-33,38-39,41,47-48,61H,5-7,10-12,17,22-30,34,57H2,1H3,(H,62,69)(H,63,68)(H,64,71)(H,65,70)(H4,58,59,60)/t38-,39+,41+,47+,48+/m1/s1. The average molecular weight is 1000 g/mol. The van der Waals surface area contributed by atoms with E-state index in [1.165, 1.54) is 6.07 Å². The van der Waals surface area contributed by atoms with Gasteiger partial charge in [0.1, 0.15) is 17.6 Å². The Labute approximate surface area is 425 Å². The van der Waals surface area contributed by atoms with Crippen molar-refractivity contribution in [3.05, 3.63) is 114 Å². The van der Waals surface area contributed by atoms with Crippen LogP contribution >= 0.6 is 0 Å². The molecule has 0 bridgehead atoms. The number of Topliss-reactive ketones (excluding diaryl/α,β-unsaturated/α-hetero) is 1. The molecule has 73 heavy (non-hydrogen) atoms. The summed E-state index contributed by atoms with van der Waals surface area (Å²) in [5, 5.41) is 22.5. The van der Waals surface area contributed by atoms with Crippen LogP contribution in [-0.4, -0.2) is 105 Å². The number of fused-ring (bicyclic) bond motifs is 1. The Bertz CT molecular complexity index is 2680. The Morgan fingerprint density at radius 2 is 1.63 bits per heavy atom. The third-order valence-corrected chi connectivity index (χ3v) is 13.7. The quantitative estimate of drug-likeness (QED) is 0.0213. The summed E-state index contributed by atoms with van der Waals surface area (Å²) >= 11 is 0. The minimum atomic E-state index is -1.07. The van der Waals surface area contributed by atoms with Crippen LogP contribution in [0.25, 0.3) is 22.0 Å². The van der Waals surface area contributed by atoms with E-state index in [4.69, 9.17) is 26.4 Å². The van der Waals surface area contributed by atoms with Gasteiger partial charge >= 0.3 is 0 Å². The van der Waals surface area contributed by atoms with Crippen molar-refractivity contribution in [2.24, 2.45) is 23.3 Å². The van der Waals surface area contributed by atoms with Gasteiger partial charge in [0.25, 0.3) is 0 Å². The monoisotopic (exact) mass is 1000 g/mol. The molecule has 0 unspecified atom stereocenters. The van der Waals surface area contributed by atoms with Crippen molar-refractivity contribution in [2.75, 3.05) is 56.7 Å². The number of rotatable bonds is 24. The van der Waals surface area contributed by atoms with Gasteiger partial charge in [-0.2, -0.15) is 0 Å². The SMILES string of the molecule is COc1ccc2[nH]cc(C[C@H](NC(=O)[C@H]3CCC[C@H](N)C3)C(=O)N[C@@H](Cc3ccc(-c4ccccc4)cc3)C(=O)CC[C@@H](CCCCNC(=N)N)C(=O)NCC(=O)Nc3ccc(N4CCOCC4)c(F)c3)c2c1. The van der Waals surface area contributed by atoms with Gasteiger partial charge in [0.15, 0.2) is 11.7 Å². The summed E-state index contributed by atoms with van der Waals surface area (Å²) in [5.74, 6) is -3.28. The van der Waals surface area contributed by atoms with E-state index in [0.717, 1.165) is 46.0 Å². The fourth-order valence-corrected chi connectivity index (χ4v) is 9.65. The zero-order valence-corrected chi connectivity index (χ0v) is 41.5. The van der Waals surface area contributed by atoms with E-state index < -0.39 is 48.1 Å². The number of benzene rings is 4. The number of hydrogen-bond acceptors (Lipinski definition) is 10. The van der Waals surface area contributed by atoms with Gasteiger partial charge in [0.2, 0.25) is 23.6 Å². The van der Waals surface area contributed by atoms with Gasteiger partial charge in [-0.1, -0.05) is 67.4 Å². The number of methoxy groups -OCH3 is 1. The molecule has 7 rings (SSSR count). The summed E-state index contributed by atoms with van der Waals surface area (Å²) in [5.41, 5.74) is 16.8. The maximum Gasteiger partial charge on any atom is 0.243 e. The van der Waals surface area contributed by atoms with E-state index in [0.29, 0.717) is 76.4 Å². The van der Waals surface area contributed by atoms with E-state index in [1.807, 2.05) is 77.7 Å². The van der Waals surface area contributed by atoms with Crippen LogP contribution in [0.5, 0.6) is 5.75 Å². The third-order valence-electron chi connectivity index (χ3n) is 13.7. The Morgan fingerprint density at radius 3 is 2.36 bits per heavy atom. The number of morpholine rings is 1. The normalized spacial score (nSPS) is 16.9. The number of carbonyl (C=O) groups is 5. The van der Waals surface area contributed by atoms with Crippen LogP contribution in [0.3, 0.4) is 0 Å². The Morgan fingerprint density at radius 1 is 0.863 bits per heavy atom. The number of anilines is 2. The molecule has 4 aromatic carbocycles. The van der Waals surface area contributed by atoms with Gasteiger partial charge in [-0.25, -0.2) is 4.39 Å². The number of unbranched alkanes of at least 4 members (excludes halogenated alkanes) is 1. The van der Waals surface area contributed by atoms with Crippen molar-refractivity contribution >= 4 is 57.6 Å². The fourth-order valence-electron chi connectivity index (χ4n) is 9.65. The number of hydrogen-bond donors (Lipinski definition) is 9. The molecule has 11 N–H and O–H groups in total. The number of ketones is 1. The number of nitrogens with zero attached hydrogens (tertiary/aromatic N) is 1. The Kier molecular flexibility index (Phi) is 19.3. The van der Waals surface area contributed by atoms with E-state index in [2.05, 4.69) is 31.6 Å². The topological polar surface area (TPSA) is 259 Å². The van der Waals surface area contributed by atoms with Gasteiger partial charge in [0, 0.05) is 73.1 Å². The number of halogens is 1. The molecule has 1 aliphatic heterocycles. The van der Waals surface area contributed by atoms with Gasteiger partial charge in [-0.15, -0.1) is 0 Å². The fraction of sp³-hybridized carbons (Fsp3) is 0.418. The first-order valence-electron chi connectivity index (χ1n) is 25.3. The summed E-state index contributed by atoms with van der Waals surface area (Å²) in [4.78, 5) is 75.5. The molecule has 17 nitrogen and oxygen atoms in total. The molecule has 2 heterocycles. The molecule has 1 saturated carbocycles. The van der Waals surface area contributed by atoms with Crippen LogP contribution in [0.2, 0.25) is 0 Å². The highest BCUT2D eigenvalue weighted by Crippen LogP contribution is 2.28. The number of nitrogens with one attached hydrogen (secondary N) is 7. The highest BCUT2D eigenvalue weighted by molar-refractivity contribution is 5.96. The molecule has 1 saturated heterocycles. The second kappa shape index (κ2) is 26.4. The highest BCUT2D eigenvalue weighted by Gasteiger charge is 2.33. The van der Waals surface area contributed by atoms with Gasteiger partial charge in [-0.3, -0.25) is 29.4 Å². The second-order valence-electron chi connectivity index (χ2n) is 19.0. The molecule has 5 atom stereocenters. The second-order valence-corrected chi connectivity index (χ2v) is 19.0. The summed E-state index contributed by atoms with van der Waals surface area (Å²) in [6, 6.07) is 25.4. The molecule has 0 spiro atoms. The number of guanidine groups is 1. The predicted molar refractivity (Wildman–Crippen MR) is 281 cm³/mol.